The van der Waals surface area contributed by atoms with Crippen molar-refractivity contribution >= 4 is 11.8 Å². The molecule has 1 saturated carbocycles. The van der Waals surface area contributed by atoms with Gasteiger partial charge in [0, 0.05) is 18.5 Å². The number of amides is 2. The molecule has 0 bridgehead atoms. The van der Waals surface area contributed by atoms with E-state index in [1.807, 2.05) is 6.92 Å². The molecule has 17 heavy (non-hydrogen) atoms. The van der Waals surface area contributed by atoms with E-state index in [1.54, 1.807) is 0 Å². The fourth-order valence-corrected chi connectivity index (χ4v) is 2.37. The maximum atomic E-state index is 12.2. The lowest BCUT2D eigenvalue weighted by Gasteiger charge is -2.33. The Morgan fingerprint density at radius 3 is 2.47 bits per heavy atom. The highest BCUT2D eigenvalue weighted by molar-refractivity contribution is 5.85. The minimum absolute atomic E-state index is 0.0105. The third kappa shape index (κ3) is 3.70. The highest BCUT2D eigenvalue weighted by Crippen LogP contribution is 2.28. The minimum atomic E-state index is -0.464. The number of nitrogens with two attached hydrogens (primary N) is 2. The van der Waals surface area contributed by atoms with Gasteiger partial charge < -0.3 is 16.4 Å². The number of carbonyl (C=O) groups excluding carboxylic acids is 2. The number of carbonyl (C=O) groups is 2. The Morgan fingerprint density at radius 1 is 1.35 bits per heavy atom. The fraction of sp³-hybridized carbons (Fsp3) is 0.833. The average Bonchev–Trinajstić information content (AvgIpc) is 2.28. The predicted octanol–water partition coefficient (Wildman–Crippen LogP) is 0.0837. The highest BCUT2D eigenvalue weighted by Gasteiger charge is 2.31. The van der Waals surface area contributed by atoms with Crippen LogP contribution >= 0.6 is 0 Å². The van der Waals surface area contributed by atoms with Crippen LogP contribution in [0.2, 0.25) is 0 Å². The molecule has 0 saturated heterocycles. The monoisotopic (exact) mass is 241 g/mol. The molecule has 0 spiro atoms. The number of nitrogens with zero attached hydrogens (tertiary/aromatic N) is 1. The van der Waals surface area contributed by atoms with Crippen molar-refractivity contribution in [1.29, 1.82) is 0 Å². The maximum Gasteiger partial charge on any atom is 0.237 e. The number of primary amides is 1. The van der Waals surface area contributed by atoms with Crippen molar-refractivity contribution in [1.82, 2.24) is 4.90 Å². The van der Waals surface area contributed by atoms with Gasteiger partial charge in [-0.1, -0.05) is 6.92 Å². The molecule has 1 aliphatic carbocycles. The van der Waals surface area contributed by atoms with Crippen molar-refractivity contribution in [2.24, 2.45) is 23.3 Å². The van der Waals surface area contributed by atoms with Gasteiger partial charge in [0.15, 0.2) is 0 Å². The van der Waals surface area contributed by atoms with Crippen LogP contribution in [-0.2, 0) is 9.59 Å². The van der Waals surface area contributed by atoms with Gasteiger partial charge in [-0.25, -0.2) is 0 Å². The Labute approximate surface area is 103 Å². The Bertz CT molecular complexity index is 293. The summed E-state index contributed by atoms with van der Waals surface area (Å²) in [4.78, 5) is 24.6. The van der Waals surface area contributed by atoms with E-state index in [2.05, 4.69) is 6.92 Å². The van der Waals surface area contributed by atoms with Gasteiger partial charge in [0.2, 0.25) is 11.8 Å². The molecule has 3 unspecified atom stereocenters. The first kappa shape index (κ1) is 14.0. The van der Waals surface area contributed by atoms with Gasteiger partial charge in [-0.2, -0.15) is 0 Å². The molecule has 2 amide bonds. The van der Waals surface area contributed by atoms with Crippen LogP contribution in [0.4, 0.5) is 0 Å². The molecule has 1 aliphatic rings. The topological polar surface area (TPSA) is 89.4 Å². The van der Waals surface area contributed by atoms with Crippen molar-refractivity contribution in [3.63, 3.8) is 0 Å². The summed E-state index contributed by atoms with van der Waals surface area (Å²) in [6.45, 7) is 4.50. The average molecular weight is 241 g/mol. The number of likely N-dealkylation sites (N-methyl/N-ethyl adjacent to an activating group) is 1. The van der Waals surface area contributed by atoms with E-state index in [0.717, 1.165) is 19.3 Å². The second-order valence-corrected chi connectivity index (χ2v) is 4.97. The van der Waals surface area contributed by atoms with Gasteiger partial charge in [-0.05, 0) is 32.1 Å². The molecule has 0 aromatic heterocycles. The summed E-state index contributed by atoms with van der Waals surface area (Å²) < 4.78 is 0. The Hall–Kier alpha value is -1.10. The largest absolute Gasteiger partial charge is 0.368 e. The zero-order chi connectivity index (χ0) is 13.0. The molecule has 0 aliphatic heterocycles. The molecule has 0 radical (unpaired) electrons. The first-order valence-electron chi connectivity index (χ1n) is 6.28. The summed E-state index contributed by atoms with van der Waals surface area (Å²) in [6, 6.07) is 0.0879. The smallest absolute Gasteiger partial charge is 0.237 e. The van der Waals surface area contributed by atoms with Gasteiger partial charge in [-0.15, -0.1) is 0 Å². The first-order chi connectivity index (χ1) is 7.95. The van der Waals surface area contributed by atoms with Gasteiger partial charge in [-0.3, -0.25) is 9.59 Å². The maximum absolute atomic E-state index is 12.2. The molecule has 0 aromatic rings. The fourth-order valence-electron chi connectivity index (χ4n) is 2.37. The third-order valence-electron chi connectivity index (χ3n) is 3.65. The molecular formula is C12H23N3O2. The van der Waals surface area contributed by atoms with Crippen LogP contribution in [0.3, 0.4) is 0 Å². The quantitative estimate of drug-likeness (QED) is 0.730. The third-order valence-corrected chi connectivity index (χ3v) is 3.65. The lowest BCUT2D eigenvalue weighted by Crippen LogP contribution is -2.45. The lowest BCUT2D eigenvalue weighted by atomic mass is 9.79. The van der Waals surface area contributed by atoms with E-state index >= 15 is 0 Å². The molecule has 5 nitrogen and oxygen atoms in total. The summed E-state index contributed by atoms with van der Waals surface area (Å²) in [5.74, 6) is -0.00640. The molecule has 5 heteroatoms. The van der Waals surface area contributed by atoms with Gasteiger partial charge in [0.25, 0.3) is 0 Å². The van der Waals surface area contributed by atoms with E-state index in [-0.39, 0.29) is 24.4 Å². The predicted molar refractivity (Wildman–Crippen MR) is 65.9 cm³/mol. The zero-order valence-corrected chi connectivity index (χ0v) is 10.7. The molecule has 4 N–H and O–H groups in total. The van der Waals surface area contributed by atoms with Crippen molar-refractivity contribution in [2.75, 3.05) is 13.1 Å². The normalized spacial score (nSPS) is 28.8. The van der Waals surface area contributed by atoms with Crippen molar-refractivity contribution in [3.05, 3.63) is 0 Å². The van der Waals surface area contributed by atoms with Crippen molar-refractivity contribution < 1.29 is 9.59 Å². The molecule has 98 valence electrons. The van der Waals surface area contributed by atoms with Gasteiger partial charge in [0.1, 0.15) is 0 Å². The van der Waals surface area contributed by atoms with Crippen LogP contribution in [0, 0.1) is 11.8 Å². The minimum Gasteiger partial charge on any atom is -0.368 e. The van der Waals surface area contributed by atoms with Crippen molar-refractivity contribution in [3.8, 4) is 0 Å². The SMILES string of the molecule is CCN(CC(N)=O)C(=O)C1CCC(C)C(N)C1. The molecular weight excluding hydrogens is 218 g/mol. The van der Waals surface area contributed by atoms with E-state index in [4.69, 9.17) is 11.5 Å². The Balaban J connectivity index is 2.59. The van der Waals surface area contributed by atoms with Crippen LogP contribution in [0.1, 0.15) is 33.1 Å². The summed E-state index contributed by atoms with van der Waals surface area (Å²) in [5.41, 5.74) is 11.1. The van der Waals surface area contributed by atoms with Crippen LogP contribution in [0.15, 0.2) is 0 Å². The van der Waals surface area contributed by atoms with E-state index in [0.29, 0.717) is 12.5 Å². The van der Waals surface area contributed by atoms with Crippen LogP contribution < -0.4 is 11.5 Å². The summed E-state index contributed by atoms with van der Waals surface area (Å²) in [6.07, 6.45) is 2.56. The molecule has 0 aromatic carbocycles. The molecule has 1 fully saturated rings. The number of hydrogen-bond donors (Lipinski definition) is 2. The summed E-state index contributed by atoms with van der Waals surface area (Å²) >= 11 is 0. The summed E-state index contributed by atoms with van der Waals surface area (Å²) in [5, 5.41) is 0. The zero-order valence-electron chi connectivity index (χ0n) is 10.7. The second-order valence-electron chi connectivity index (χ2n) is 4.97. The number of rotatable bonds is 4. The van der Waals surface area contributed by atoms with Crippen molar-refractivity contribution in [2.45, 2.75) is 39.2 Å². The molecule has 3 atom stereocenters. The van der Waals surface area contributed by atoms with Gasteiger partial charge >= 0.3 is 0 Å². The van der Waals surface area contributed by atoms with Gasteiger partial charge in [0.05, 0.1) is 6.54 Å². The second kappa shape index (κ2) is 6.00. The van der Waals surface area contributed by atoms with E-state index in [9.17, 15) is 9.59 Å². The van der Waals surface area contributed by atoms with Crippen LogP contribution in [-0.4, -0.2) is 35.8 Å². The Morgan fingerprint density at radius 2 is 2.00 bits per heavy atom. The Kier molecular flexibility index (Phi) is 4.93. The van der Waals surface area contributed by atoms with E-state index < -0.39 is 5.91 Å². The standard InChI is InChI=1S/C12H23N3O2/c1-3-15(7-11(14)16)12(17)9-5-4-8(2)10(13)6-9/h8-10H,3-7,13H2,1-2H3,(H2,14,16). The first-order valence-corrected chi connectivity index (χ1v) is 6.28. The summed E-state index contributed by atoms with van der Waals surface area (Å²) in [7, 11) is 0. The highest BCUT2D eigenvalue weighted by atomic mass is 16.2. The van der Waals surface area contributed by atoms with Crippen LogP contribution in [0.5, 0.6) is 0 Å². The van der Waals surface area contributed by atoms with E-state index in [1.165, 1.54) is 4.90 Å². The molecule has 0 heterocycles. The number of hydrogen-bond acceptors (Lipinski definition) is 3. The lowest BCUT2D eigenvalue weighted by molar-refractivity contribution is -0.139. The van der Waals surface area contributed by atoms with Crippen LogP contribution in [0.25, 0.3) is 0 Å². The molecule has 1 rings (SSSR count).